The number of piperidine rings is 1. The number of aryl methyl sites for hydroxylation is 2. The van der Waals surface area contributed by atoms with Crippen LogP contribution in [0.15, 0.2) is 28.7 Å². The molecule has 0 atom stereocenters. The summed E-state index contributed by atoms with van der Waals surface area (Å²) in [6.07, 6.45) is 4.41. The smallest absolute Gasteiger partial charge is 0.247 e. The third-order valence-electron chi connectivity index (χ3n) is 3.99. The fourth-order valence-electron chi connectivity index (χ4n) is 2.76. The molecule has 1 amide bonds. The maximum atomic E-state index is 12.1. The molecule has 1 aromatic carbocycles. The first-order valence-electron chi connectivity index (χ1n) is 7.89. The Hall–Kier alpha value is -2.17. The molecule has 1 fully saturated rings. The summed E-state index contributed by atoms with van der Waals surface area (Å²) < 4.78 is 5.67. The predicted molar refractivity (Wildman–Crippen MR) is 83.2 cm³/mol. The van der Waals surface area contributed by atoms with Gasteiger partial charge in [-0.1, -0.05) is 17.7 Å². The highest BCUT2D eigenvalue weighted by Gasteiger charge is 2.17. The highest BCUT2D eigenvalue weighted by atomic mass is 16.4. The molecule has 1 saturated heterocycles. The average Bonchev–Trinajstić information content (AvgIpc) is 3.02. The zero-order chi connectivity index (χ0) is 15.4. The Balaban J connectivity index is 1.59. The second-order valence-corrected chi connectivity index (χ2v) is 5.81. The number of aromatic nitrogens is 2. The summed E-state index contributed by atoms with van der Waals surface area (Å²) in [5, 5.41) is 8.13. The summed E-state index contributed by atoms with van der Waals surface area (Å²) >= 11 is 0. The molecule has 116 valence electrons. The molecular weight excluding hydrogens is 278 g/mol. The molecule has 0 aliphatic carbocycles. The van der Waals surface area contributed by atoms with Gasteiger partial charge in [-0.2, -0.15) is 0 Å². The summed E-state index contributed by atoms with van der Waals surface area (Å²) in [4.78, 5) is 14.1. The fraction of sp³-hybridized carbons (Fsp3) is 0.471. The minimum Gasteiger partial charge on any atom is -0.421 e. The highest BCUT2D eigenvalue weighted by Crippen LogP contribution is 2.19. The van der Waals surface area contributed by atoms with Crippen molar-refractivity contribution in [3.8, 4) is 11.5 Å². The van der Waals surface area contributed by atoms with E-state index in [9.17, 15) is 4.79 Å². The first kappa shape index (κ1) is 14.8. The Labute approximate surface area is 130 Å². The summed E-state index contributed by atoms with van der Waals surface area (Å²) in [5.74, 6) is 1.24. The third-order valence-corrected chi connectivity index (χ3v) is 3.99. The van der Waals surface area contributed by atoms with E-state index in [1.54, 1.807) is 0 Å². The van der Waals surface area contributed by atoms with Gasteiger partial charge in [0.1, 0.15) is 0 Å². The van der Waals surface area contributed by atoms with E-state index in [-0.39, 0.29) is 5.91 Å². The number of amides is 1. The van der Waals surface area contributed by atoms with Crippen molar-refractivity contribution in [1.29, 1.82) is 0 Å². The quantitative estimate of drug-likeness (QED) is 0.871. The number of nitrogens with zero attached hydrogens (tertiary/aromatic N) is 3. The number of likely N-dealkylation sites (tertiary alicyclic amines) is 1. The second-order valence-electron chi connectivity index (χ2n) is 5.81. The van der Waals surface area contributed by atoms with E-state index in [2.05, 4.69) is 10.2 Å². The predicted octanol–water partition coefficient (Wildman–Crippen LogP) is 2.99. The lowest BCUT2D eigenvalue weighted by Crippen LogP contribution is -2.35. The van der Waals surface area contributed by atoms with Gasteiger partial charge in [-0.05, 0) is 38.3 Å². The minimum absolute atomic E-state index is 0.190. The molecule has 1 aromatic heterocycles. The van der Waals surface area contributed by atoms with Crippen molar-refractivity contribution in [2.24, 2.45) is 0 Å². The normalized spacial score (nSPS) is 15.0. The standard InChI is InChI=1S/C17H21N3O2/c1-13-6-5-7-14(12-13)17-19-18-15(22-17)8-9-16(21)20-10-3-2-4-11-20/h5-7,12H,2-4,8-11H2,1H3. The maximum absolute atomic E-state index is 12.1. The first-order chi connectivity index (χ1) is 10.7. The van der Waals surface area contributed by atoms with Gasteiger partial charge >= 0.3 is 0 Å². The van der Waals surface area contributed by atoms with Crippen molar-refractivity contribution >= 4 is 5.91 Å². The van der Waals surface area contributed by atoms with Crippen molar-refractivity contribution in [2.45, 2.75) is 39.0 Å². The zero-order valence-corrected chi connectivity index (χ0v) is 12.9. The van der Waals surface area contributed by atoms with E-state index in [0.29, 0.717) is 24.6 Å². The molecule has 0 radical (unpaired) electrons. The van der Waals surface area contributed by atoms with Crippen LogP contribution in [0.5, 0.6) is 0 Å². The molecule has 2 heterocycles. The van der Waals surface area contributed by atoms with Gasteiger partial charge in [0.15, 0.2) is 0 Å². The summed E-state index contributed by atoms with van der Waals surface area (Å²) in [7, 11) is 0. The third kappa shape index (κ3) is 3.53. The molecule has 5 heteroatoms. The monoisotopic (exact) mass is 299 g/mol. The maximum Gasteiger partial charge on any atom is 0.247 e. The Morgan fingerprint density at radius 3 is 2.82 bits per heavy atom. The zero-order valence-electron chi connectivity index (χ0n) is 12.9. The number of benzene rings is 1. The van der Waals surface area contributed by atoms with E-state index in [1.165, 1.54) is 6.42 Å². The van der Waals surface area contributed by atoms with Crippen LogP contribution in [0, 0.1) is 6.92 Å². The van der Waals surface area contributed by atoms with Gasteiger partial charge in [0.25, 0.3) is 0 Å². The fourth-order valence-corrected chi connectivity index (χ4v) is 2.76. The Bertz CT molecular complexity index is 645. The summed E-state index contributed by atoms with van der Waals surface area (Å²) in [6.45, 7) is 3.80. The second kappa shape index (κ2) is 6.73. The Kier molecular flexibility index (Phi) is 4.51. The van der Waals surface area contributed by atoms with Crippen molar-refractivity contribution in [1.82, 2.24) is 15.1 Å². The van der Waals surface area contributed by atoms with Gasteiger partial charge in [-0.3, -0.25) is 4.79 Å². The van der Waals surface area contributed by atoms with Gasteiger partial charge in [-0.15, -0.1) is 10.2 Å². The SMILES string of the molecule is Cc1cccc(-c2nnc(CCC(=O)N3CCCCC3)o2)c1. The minimum atomic E-state index is 0.190. The van der Waals surface area contributed by atoms with E-state index in [4.69, 9.17) is 4.42 Å². The van der Waals surface area contributed by atoms with E-state index >= 15 is 0 Å². The largest absolute Gasteiger partial charge is 0.421 e. The highest BCUT2D eigenvalue weighted by molar-refractivity contribution is 5.76. The van der Waals surface area contributed by atoms with Crippen LogP contribution in [0.2, 0.25) is 0 Å². The van der Waals surface area contributed by atoms with E-state index < -0.39 is 0 Å². The van der Waals surface area contributed by atoms with E-state index in [0.717, 1.165) is 37.1 Å². The molecule has 3 rings (SSSR count). The van der Waals surface area contributed by atoms with Crippen LogP contribution >= 0.6 is 0 Å². The summed E-state index contributed by atoms with van der Waals surface area (Å²) in [6, 6.07) is 7.95. The number of carbonyl (C=O) groups is 1. The Morgan fingerprint density at radius 2 is 2.05 bits per heavy atom. The van der Waals surface area contributed by atoms with Crippen LogP contribution in [0.3, 0.4) is 0 Å². The number of hydrogen-bond acceptors (Lipinski definition) is 4. The molecule has 0 bridgehead atoms. The Morgan fingerprint density at radius 1 is 1.23 bits per heavy atom. The van der Waals surface area contributed by atoms with Crippen LogP contribution in [0.4, 0.5) is 0 Å². The van der Waals surface area contributed by atoms with Crippen LogP contribution in [0.25, 0.3) is 11.5 Å². The molecule has 2 aromatic rings. The topological polar surface area (TPSA) is 59.2 Å². The van der Waals surface area contributed by atoms with Gasteiger partial charge in [-0.25, -0.2) is 0 Å². The van der Waals surface area contributed by atoms with E-state index in [1.807, 2.05) is 36.1 Å². The van der Waals surface area contributed by atoms with Crippen LogP contribution in [0.1, 0.15) is 37.1 Å². The molecule has 22 heavy (non-hydrogen) atoms. The average molecular weight is 299 g/mol. The van der Waals surface area contributed by atoms with Crippen LogP contribution in [-0.4, -0.2) is 34.1 Å². The molecular formula is C17H21N3O2. The number of rotatable bonds is 4. The molecule has 0 saturated carbocycles. The molecule has 1 aliphatic rings. The molecule has 0 spiro atoms. The van der Waals surface area contributed by atoms with Gasteiger partial charge in [0.2, 0.25) is 17.7 Å². The van der Waals surface area contributed by atoms with Crippen molar-refractivity contribution < 1.29 is 9.21 Å². The van der Waals surface area contributed by atoms with Gasteiger partial charge < -0.3 is 9.32 Å². The lowest BCUT2D eigenvalue weighted by molar-refractivity contribution is -0.132. The van der Waals surface area contributed by atoms with Crippen molar-refractivity contribution in [2.75, 3.05) is 13.1 Å². The lowest BCUT2D eigenvalue weighted by Gasteiger charge is -2.26. The van der Waals surface area contributed by atoms with Crippen LogP contribution < -0.4 is 0 Å². The lowest BCUT2D eigenvalue weighted by atomic mass is 10.1. The first-order valence-corrected chi connectivity index (χ1v) is 7.89. The van der Waals surface area contributed by atoms with Crippen molar-refractivity contribution in [3.63, 3.8) is 0 Å². The van der Waals surface area contributed by atoms with Crippen LogP contribution in [-0.2, 0) is 11.2 Å². The van der Waals surface area contributed by atoms with Crippen molar-refractivity contribution in [3.05, 3.63) is 35.7 Å². The van der Waals surface area contributed by atoms with Gasteiger partial charge in [0, 0.05) is 31.5 Å². The summed E-state index contributed by atoms with van der Waals surface area (Å²) in [5.41, 5.74) is 2.07. The molecule has 0 N–H and O–H groups in total. The number of carbonyl (C=O) groups excluding carboxylic acids is 1. The number of hydrogen-bond donors (Lipinski definition) is 0. The van der Waals surface area contributed by atoms with Gasteiger partial charge in [0.05, 0.1) is 0 Å². The molecule has 5 nitrogen and oxygen atoms in total. The molecule has 0 unspecified atom stereocenters. The molecule has 1 aliphatic heterocycles.